The topological polar surface area (TPSA) is 52.2 Å². The molecule has 2 aromatic heterocycles. The number of rotatable bonds is 4. The van der Waals surface area contributed by atoms with Crippen molar-refractivity contribution >= 4 is 16.9 Å². The first-order valence-corrected chi connectivity index (χ1v) is 7.55. The number of nitrogens with zero attached hydrogens (tertiary/aromatic N) is 3. The van der Waals surface area contributed by atoms with Gasteiger partial charge in [0.25, 0.3) is 5.91 Å². The molecule has 5 nitrogen and oxygen atoms in total. The second-order valence-electron chi connectivity index (χ2n) is 6.00. The predicted molar refractivity (Wildman–Crippen MR) is 83.3 cm³/mol. The number of pyridine rings is 1. The van der Waals surface area contributed by atoms with Crippen molar-refractivity contribution in [3.63, 3.8) is 0 Å². The molecular formula is C16H22N4O. The van der Waals surface area contributed by atoms with Gasteiger partial charge in [0.05, 0.1) is 0 Å². The molecule has 1 unspecified atom stereocenters. The van der Waals surface area contributed by atoms with Crippen molar-refractivity contribution in [3.8, 4) is 0 Å². The van der Waals surface area contributed by atoms with Gasteiger partial charge in [-0.25, -0.2) is 4.98 Å². The van der Waals surface area contributed by atoms with E-state index in [1.54, 1.807) is 0 Å². The molecule has 0 aliphatic carbocycles. The molecule has 0 aromatic carbocycles. The van der Waals surface area contributed by atoms with E-state index in [0.717, 1.165) is 43.4 Å². The molecule has 112 valence electrons. The third-order valence-electron chi connectivity index (χ3n) is 4.18. The van der Waals surface area contributed by atoms with E-state index < -0.39 is 0 Å². The highest BCUT2D eigenvalue weighted by Crippen LogP contribution is 2.23. The van der Waals surface area contributed by atoms with Gasteiger partial charge in [0.1, 0.15) is 11.3 Å². The Balaban J connectivity index is 1.76. The summed E-state index contributed by atoms with van der Waals surface area (Å²) in [7, 11) is 4.14. The summed E-state index contributed by atoms with van der Waals surface area (Å²) in [6.45, 7) is 1.86. The highest BCUT2D eigenvalue weighted by Gasteiger charge is 2.29. The van der Waals surface area contributed by atoms with Crippen LogP contribution >= 0.6 is 0 Å². The zero-order chi connectivity index (χ0) is 14.8. The van der Waals surface area contributed by atoms with Gasteiger partial charge in [0.15, 0.2) is 0 Å². The summed E-state index contributed by atoms with van der Waals surface area (Å²) >= 11 is 0. The summed E-state index contributed by atoms with van der Waals surface area (Å²) in [6.07, 6.45) is 5.07. The number of likely N-dealkylation sites (tertiary alicyclic amines) is 1. The summed E-state index contributed by atoms with van der Waals surface area (Å²) in [5.74, 6) is 0.0627. The Morgan fingerprint density at radius 1 is 1.43 bits per heavy atom. The predicted octanol–water partition coefficient (Wildman–Crippen LogP) is 2.12. The summed E-state index contributed by atoms with van der Waals surface area (Å²) in [5.41, 5.74) is 1.33. The summed E-state index contributed by atoms with van der Waals surface area (Å²) in [5, 5.41) is 1.04. The number of carbonyl (C=O) groups is 1. The molecule has 1 aliphatic rings. The van der Waals surface area contributed by atoms with Crippen LogP contribution in [0.15, 0.2) is 24.4 Å². The summed E-state index contributed by atoms with van der Waals surface area (Å²) in [4.78, 5) is 24.4. The fourth-order valence-corrected chi connectivity index (χ4v) is 3.01. The molecular weight excluding hydrogens is 264 g/mol. The number of aromatic nitrogens is 2. The number of nitrogens with one attached hydrogen (secondary N) is 1. The summed E-state index contributed by atoms with van der Waals surface area (Å²) in [6, 6.07) is 6.10. The van der Waals surface area contributed by atoms with Crippen molar-refractivity contribution < 1.29 is 4.79 Å². The Hall–Kier alpha value is -1.88. The van der Waals surface area contributed by atoms with Crippen LogP contribution in [0, 0.1) is 0 Å². The van der Waals surface area contributed by atoms with Crippen LogP contribution in [0.25, 0.3) is 11.0 Å². The maximum Gasteiger partial charge on any atom is 0.272 e. The van der Waals surface area contributed by atoms with Crippen LogP contribution < -0.4 is 0 Å². The summed E-state index contributed by atoms with van der Waals surface area (Å²) < 4.78 is 0. The van der Waals surface area contributed by atoms with E-state index in [0.29, 0.717) is 11.7 Å². The van der Waals surface area contributed by atoms with Crippen LogP contribution in [0.4, 0.5) is 0 Å². The van der Waals surface area contributed by atoms with Crippen LogP contribution in [-0.2, 0) is 0 Å². The largest absolute Gasteiger partial charge is 0.346 e. The number of H-pyrrole nitrogens is 1. The van der Waals surface area contributed by atoms with Gasteiger partial charge in [-0.2, -0.15) is 0 Å². The first kappa shape index (κ1) is 14.1. The monoisotopic (exact) mass is 286 g/mol. The molecule has 1 fully saturated rings. The zero-order valence-corrected chi connectivity index (χ0v) is 12.7. The lowest BCUT2D eigenvalue weighted by Crippen LogP contribution is -2.37. The van der Waals surface area contributed by atoms with Gasteiger partial charge in [-0.1, -0.05) is 0 Å². The molecule has 3 rings (SSSR count). The van der Waals surface area contributed by atoms with Gasteiger partial charge >= 0.3 is 0 Å². The molecule has 0 spiro atoms. The Labute approximate surface area is 125 Å². The molecule has 5 heteroatoms. The van der Waals surface area contributed by atoms with E-state index in [1.165, 1.54) is 0 Å². The maximum absolute atomic E-state index is 12.7. The van der Waals surface area contributed by atoms with E-state index in [1.807, 2.05) is 29.3 Å². The minimum absolute atomic E-state index is 0.0627. The Bertz CT molecular complexity index is 634. The SMILES string of the molecule is CN(C)CCC1CCCN1C(=O)c1ccc2cc[nH]c2n1. The number of fused-ring (bicyclic) bond motifs is 1. The fraction of sp³-hybridized carbons (Fsp3) is 0.500. The number of carbonyl (C=O) groups excluding carboxylic acids is 1. The van der Waals surface area contributed by atoms with Crippen molar-refractivity contribution in [2.45, 2.75) is 25.3 Å². The van der Waals surface area contributed by atoms with Crippen LogP contribution in [-0.4, -0.2) is 58.9 Å². The third kappa shape index (κ3) is 2.93. The molecule has 1 atom stereocenters. The minimum Gasteiger partial charge on any atom is -0.346 e. The van der Waals surface area contributed by atoms with E-state index in [-0.39, 0.29) is 5.91 Å². The van der Waals surface area contributed by atoms with Crippen molar-refractivity contribution in [2.24, 2.45) is 0 Å². The molecule has 0 saturated carbocycles. The highest BCUT2D eigenvalue weighted by atomic mass is 16.2. The molecule has 3 heterocycles. The van der Waals surface area contributed by atoms with Crippen LogP contribution in [0.1, 0.15) is 29.8 Å². The second-order valence-corrected chi connectivity index (χ2v) is 6.00. The number of aromatic amines is 1. The third-order valence-corrected chi connectivity index (χ3v) is 4.18. The van der Waals surface area contributed by atoms with Gasteiger partial charge < -0.3 is 14.8 Å². The molecule has 0 radical (unpaired) electrons. The smallest absolute Gasteiger partial charge is 0.272 e. The molecule has 2 aromatic rings. The molecule has 1 aliphatic heterocycles. The van der Waals surface area contributed by atoms with Crippen LogP contribution in [0.3, 0.4) is 0 Å². The van der Waals surface area contributed by atoms with Crippen molar-refractivity contribution in [1.82, 2.24) is 19.8 Å². The van der Waals surface area contributed by atoms with Gasteiger partial charge in [0, 0.05) is 24.2 Å². The first-order chi connectivity index (χ1) is 10.1. The van der Waals surface area contributed by atoms with Crippen molar-refractivity contribution in [2.75, 3.05) is 27.2 Å². The lowest BCUT2D eigenvalue weighted by atomic mass is 10.1. The van der Waals surface area contributed by atoms with E-state index in [2.05, 4.69) is 29.0 Å². The number of hydrogen-bond acceptors (Lipinski definition) is 3. The van der Waals surface area contributed by atoms with Crippen molar-refractivity contribution in [1.29, 1.82) is 0 Å². The lowest BCUT2D eigenvalue weighted by Gasteiger charge is -2.25. The van der Waals surface area contributed by atoms with Crippen LogP contribution in [0.2, 0.25) is 0 Å². The minimum atomic E-state index is 0.0627. The standard InChI is InChI=1S/C16H22N4O/c1-19(2)11-8-13-4-3-10-20(13)16(21)14-6-5-12-7-9-17-15(12)18-14/h5-7,9,13H,3-4,8,10-11H2,1-2H3,(H,17,18). The van der Waals surface area contributed by atoms with E-state index >= 15 is 0 Å². The average molecular weight is 286 g/mol. The van der Waals surface area contributed by atoms with Gasteiger partial charge in [-0.3, -0.25) is 4.79 Å². The molecule has 1 N–H and O–H groups in total. The van der Waals surface area contributed by atoms with Crippen LogP contribution in [0.5, 0.6) is 0 Å². The fourth-order valence-electron chi connectivity index (χ4n) is 3.01. The lowest BCUT2D eigenvalue weighted by molar-refractivity contribution is 0.0719. The molecule has 0 bridgehead atoms. The van der Waals surface area contributed by atoms with Crippen molar-refractivity contribution in [3.05, 3.63) is 30.1 Å². The molecule has 1 amide bonds. The Kier molecular flexibility index (Phi) is 3.92. The quantitative estimate of drug-likeness (QED) is 0.936. The highest BCUT2D eigenvalue weighted by molar-refractivity contribution is 5.94. The number of hydrogen-bond donors (Lipinski definition) is 1. The van der Waals surface area contributed by atoms with Gasteiger partial charge in [-0.15, -0.1) is 0 Å². The molecule has 1 saturated heterocycles. The average Bonchev–Trinajstić information content (AvgIpc) is 3.12. The second kappa shape index (κ2) is 5.85. The Morgan fingerprint density at radius 3 is 3.10 bits per heavy atom. The first-order valence-electron chi connectivity index (χ1n) is 7.55. The number of amides is 1. The molecule has 21 heavy (non-hydrogen) atoms. The van der Waals surface area contributed by atoms with Gasteiger partial charge in [0.2, 0.25) is 0 Å². The van der Waals surface area contributed by atoms with E-state index in [4.69, 9.17) is 0 Å². The van der Waals surface area contributed by atoms with Gasteiger partial charge in [-0.05, 0) is 58.1 Å². The zero-order valence-electron chi connectivity index (χ0n) is 12.7. The maximum atomic E-state index is 12.7. The van der Waals surface area contributed by atoms with E-state index in [9.17, 15) is 4.79 Å². The Morgan fingerprint density at radius 2 is 2.29 bits per heavy atom. The normalized spacial score (nSPS) is 18.8.